The summed E-state index contributed by atoms with van der Waals surface area (Å²) in [6.45, 7) is 13.8. The Bertz CT molecular complexity index is 1280. The van der Waals surface area contributed by atoms with Crippen LogP contribution in [0.3, 0.4) is 0 Å². The van der Waals surface area contributed by atoms with Crippen LogP contribution in [-0.4, -0.2) is 11.9 Å². The van der Waals surface area contributed by atoms with Gasteiger partial charge in [0, 0.05) is 16.5 Å². The third-order valence-corrected chi connectivity index (χ3v) is 4.96. The molecule has 0 radical (unpaired) electrons. The highest BCUT2D eigenvalue weighted by atomic mass is 16.6. The average Bonchev–Trinajstić information content (AvgIpc) is 2.79. The van der Waals surface area contributed by atoms with Gasteiger partial charge in [0.05, 0.1) is 0 Å². The molecule has 0 aromatic heterocycles. The molecule has 0 saturated carbocycles. The van der Waals surface area contributed by atoms with Gasteiger partial charge in [0.25, 0.3) is 0 Å². The molecular weight excluding hydrogens is 416 g/mol. The Morgan fingerprint density at radius 2 is 1.27 bits per heavy atom. The third kappa shape index (κ3) is 5.57. The van der Waals surface area contributed by atoms with Gasteiger partial charge >= 0.3 is 11.9 Å². The van der Waals surface area contributed by atoms with Crippen LogP contribution in [0, 0.1) is 0 Å². The molecule has 0 unspecified atom stereocenters. The molecule has 0 spiro atoms. The minimum Gasteiger partial charge on any atom is -0.458 e. The first-order valence-electron chi connectivity index (χ1n) is 10.4. The van der Waals surface area contributed by atoms with Crippen LogP contribution < -0.4 is 9.47 Å². The number of rotatable bonds is 7. The molecule has 0 fully saturated rings. The number of allylic oxidation sites excluding steroid dienone is 2. The van der Waals surface area contributed by atoms with Gasteiger partial charge < -0.3 is 14.2 Å². The summed E-state index contributed by atoms with van der Waals surface area (Å²) in [6.07, 6.45) is 0. The maximum absolute atomic E-state index is 11.8. The highest BCUT2D eigenvalue weighted by Gasteiger charge is 2.13. The van der Waals surface area contributed by atoms with E-state index >= 15 is 0 Å². The maximum Gasteiger partial charge on any atom is 0.338 e. The summed E-state index contributed by atoms with van der Waals surface area (Å²) in [5.74, 6) is 0.999. The van der Waals surface area contributed by atoms with E-state index in [-0.39, 0.29) is 0 Å². The molecule has 0 amide bonds. The quantitative estimate of drug-likeness (QED) is 0.176. The minimum absolute atomic E-state index is 0.317. The number of carbonyl (C=O) groups excluding carboxylic acids is 2. The van der Waals surface area contributed by atoms with Crippen molar-refractivity contribution in [1.82, 2.24) is 0 Å². The first-order chi connectivity index (χ1) is 15.7. The van der Waals surface area contributed by atoms with Gasteiger partial charge in [0.1, 0.15) is 23.0 Å². The van der Waals surface area contributed by atoms with Crippen LogP contribution >= 0.6 is 0 Å². The van der Waals surface area contributed by atoms with Crippen molar-refractivity contribution in [2.75, 3.05) is 0 Å². The summed E-state index contributed by atoms with van der Waals surface area (Å²) in [5, 5.41) is 1.90. The fourth-order valence-electron chi connectivity index (χ4n) is 3.04. The van der Waals surface area contributed by atoms with E-state index in [1.807, 2.05) is 48.5 Å². The topological polar surface area (TPSA) is 61.8 Å². The lowest BCUT2D eigenvalue weighted by Crippen LogP contribution is -2.07. The molecule has 5 heteroatoms. The van der Waals surface area contributed by atoms with Gasteiger partial charge in [-0.05, 0) is 62.4 Å². The molecule has 3 aromatic carbocycles. The molecule has 0 aliphatic carbocycles. The molecule has 3 rings (SSSR count). The van der Waals surface area contributed by atoms with Gasteiger partial charge in [-0.3, -0.25) is 0 Å². The lowest BCUT2D eigenvalue weighted by atomic mass is 9.97. The van der Waals surface area contributed by atoms with Crippen LogP contribution in [0.25, 0.3) is 21.9 Å². The van der Waals surface area contributed by atoms with E-state index < -0.39 is 11.9 Å². The van der Waals surface area contributed by atoms with Crippen LogP contribution in [-0.2, 0) is 14.3 Å². The fourth-order valence-corrected chi connectivity index (χ4v) is 3.04. The van der Waals surface area contributed by atoms with Crippen molar-refractivity contribution in [2.24, 2.45) is 0 Å². The smallest absolute Gasteiger partial charge is 0.338 e. The molecular formula is C28H26O5. The molecule has 0 aliphatic heterocycles. The lowest BCUT2D eigenvalue weighted by Gasteiger charge is -2.15. The molecule has 3 aromatic rings. The summed E-state index contributed by atoms with van der Waals surface area (Å²) in [6, 6.07) is 19.0. The zero-order valence-electron chi connectivity index (χ0n) is 19.2. The average molecular weight is 443 g/mol. The first-order valence-corrected chi connectivity index (χ1v) is 10.4. The monoisotopic (exact) mass is 442 g/mol. The van der Waals surface area contributed by atoms with Crippen LogP contribution in [0.5, 0.6) is 11.5 Å². The molecule has 5 nitrogen and oxygen atoms in total. The van der Waals surface area contributed by atoms with Gasteiger partial charge in [0.15, 0.2) is 0 Å². The standard InChI is InChI=1S/C28H26O5/c1-17(2)27(29)32-20(6)19(5)31-26-16-15-23(24-9-7-8-10-25(24)26)21-11-13-22(14-12-21)33-28(30)18(3)4/h7-16H,1,3H2,2,4-6H3. The highest BCUT2D eigenvalue weighted by Crippen LogP contribution is 2.36. The van der Waals surface area contributed by atoms with E-state index in [0.29, 0.717) is 34.2 Å². The molecule has 168 valence electrons. The van der Waals surface area contributed by atoms with Crippen molar-refractivity contribution >= 4 is 22.7 Å². The van der Waals surface area contributed by atoms with Crippen LogP contribution in [0.1, 0.15) is 27.7 Å². The van der Waals surface area contributed by atoms with Crippen molar-refractivity contribution in [2.45, 2.75) is 27.7 Å². The number of hydrogen-bond donors (Lipinski definition) is 0. The molecule has 0 saturated heterocycles. The number of carbonyl (C=O) groups is 2. The number of hydrogen-bond acceptors (Lipinski definition) is 5. The lowest BCUT2D eigenvalue weighted by molar-refractivity contribution is -0.135. The van der Waals surface area contributed by atoms with Crippen molar-refractivity contribution in [3.8, 4) is 22.6 Å². The van der Waals surface area contributed by atoms with E-state index in [1.165, 1.54) is 0 Å². The van der Waals surface area contributed by atoms with E-state index in [1.54, 1.807) is 39.8 Å². The minimum atomic E-state index is -0.493. The number of esters is 2. The molecule has 0 atom stereocenters. The summed E-state index contributed by atoms with van der Waals surface area (Å²) in [7, 11) is 0. The largest absolute Gasteiger partial charge is 0.458 e. The Morgan fingerprint density at radius 3 is 1.88 bits per heavy atom. The fraction of sp³-hybridized carbons (Fsp3) is 0.143. The van der Waals surface area contributed by atoms with Gasteiger partial charge in [0.2, 0.25) is 0 Å². The van der Waals surface area contributed by atoms with Gasteiger partial charge in [-0.25, -0.2) is 9.59 Å². The van der Waals surface area contributed by atoms with Crippen molar-refractivity contribution in [1.29, 1.82) is 0 Å². The zero-order valence-corrected chi connectivity index (χ0v) is 19.2. The predicted octanol–water partition coefficient (Wildman–Crippen LogP) is 6.74. The summed E-state index contributed by atoms with van der Waals surface area (Å²) < 4.78 is 16.6. The zero-order chi connectivity index (χ0) is 24.1. The van der Waals surface area contributed by atoms with E-state index in [4.69, 9.17) is 14.2 Å². The van der Waals surface area contributed by atoms with E-state index in [9.17, 15) is 9.59 Å². The Labute approximate surface area is 193 Å². The van der Waals surface area contributed by atoms with E-state index in [0.717, 1.165) is 21.9 Å². The number of fused-ring (bicyclic) bond motifs is 1. The molecule has 0 heterocycles. The summed E-state index contributed by atoms with van der Waals surface area (Å²) in [5.41, 5.74) is 2.63. The Balaban J connectivity index is 1.93. The number of ether oxygens (including phenoxy) is 3. The van der Waals surface area contributed by atoms with Crippen molar-refractivity contribution in [3.05, 3.63) is 96.5 Å². The molecule has 0 bridgehead atoms. The second-order valence-electron chi connectivity index (χ2n) is 7.74. The van der Waals surface area contributed by atoms with Crippen LogP contribution in [0.2, 0.25) is 0 Å². The van der Waals surface area contributed by atoms with Crippen LogP contribution in [0.15, 0.2) is 96.5 Å². The third-order valence-electron chi connectivity index (χ3n) is 4.96. The Hall–Kier alpha value is -4.12. The predicted molar refractivity (Wildman–Crippen MR) is 130 cm³/mol. The first kappa shape index (κ1) is 23.5. The van der Waals surface area contributed by atoms with Gasteiger partial charge in [-0.15, -0.1) is 0 Å². The Morgan fingerprint density at radius 1 is 0.667 bits per heavy atom. The SMILES string of the molecule is C=C(C)C(=O)OC(C)=C(C)Oc1ccc(-c2ccc(OC(=O)C(=C)C)cc2)c2ccccc12. The second-order valence-corrected chi connectivity index (χ2v) is 7.74. The second kappa shape index (κ2) is 10.0. The van der Waals surface area contributed by atoms with Gasteiger partial charge in [-0.1, -0.05) is 55.6 Å². The van der Waals surface area contributed by atoms with Crippen molar-refractivity contribution in [3.63, 3.8) is 0 Å². The molecule has 0 aliphatic rings. The summed E-state index contributed by atoms with van der Waals surface area (Å²) in [4.78, 5) is 23.5. The highest BCUT2D eigenvalue weighted by molar-refractivity contribution is 6.00. The molecule has 0 N–H and O–H groups in total. The van der Waals surface area contributed by atoms with Crippen LogP contribution in [0.4, 0.5) is 0 Å². The summed E-state index contributed by atoms with van der Waals surface area (Å²) >= 11 is 0. The van der Waals surface area contributed by atoms with Crippen molar-refractivity contribution < 1.29 is 23.8 Å². The maximum atomic E-state index is 11.8. The van der Waals surface area contributed by atoms with E-state index in [2.05, 4.69) is 13.2 Å². The van der Waals surface area contributed by atoms with Gasteiger partial charge in [-0.2, -0.15) is 0 Å². The Kier molecular flexibility index (Phi) is 7.13. The number of benzene rings is 3. The normalized spacial score (nSPS) is 11.4. The molecule has 33 heavy (non-hydrogen) atoms.